The molecule has 1 saturated heterocycles. The maximum atomic E-state index is 13.3. The molecule has 0 saturated carbocycles. The molecule has 3 aromatic rings. The number of aliphatic carboxylic acids is 1. The summed E-state index contributed by atoms with van der Waals surface area (Å²) in [6.45, 7) is 7.81. The number of carboxylic acid groups (broad SMARTS) is 1. The van der Waals surface area contributed by atoms with Crippen molar-refractivity contribution in [3.05, 3.63) is 36.2 Å². The van der Waals surface area contributed by atoms with Crippen molar-refractivity contribution in [1.82, 2.24) is 20.1 Å². The lowest BCUT2D eigenvalue weighted by molar-refractivity contribution is -0.192. The van der Waals surface area contributed by atoms with Gasteiger partial charge in [-0.05, 0) is 32.4 Å². The first-order valence-corrected chi connectivity index (χ1v) is 12.2. The monoisotopic (exact) mass is 549 g/mol. The molecular formula is C25H30F3N7O4. The zero-order chi connectivity index (χ0) is 28.5. The van der Waals surface area contributed by atoms with E-state index in [4.69, 9.17) is 14.6 Å². The number of hydrogen-bond donors (Lipinski definition) is 3. The zero-order valence-corrected chi connectivity index (χ0v) is 22.0. The molecule has 39 heavy (non-hydrogen) atoms. The number of alkyl halides is 3. The van der Waals surface area contributed by atoms with Crippen molar-refractivity contribution < 1.29 is 32.6 Å². The van der Waals surface area contributed by atoms with Gasteiger partial charge in [-0.3, -0.25) is 9.58 Å². The van der Waals surface area contributed by atoms with E-state index in [2.05, 4.69) is 45.5 Å². The van der Waals surface area contributed by atoms with E-state index in [0.717, 1.165) is 48.3 Å². The van der Waals surface area contributed by atoms with Crippen LogP contribution in [-0.4, -0.2) is 76.9 Å². The lowest BCUT2D eigenvalue weighted by Crippen LogP contribution is -2.57. The summed E-state index contributed by atoms with van der Waals surface area (Å²) in [4.78, 5) is 30.8. The van der Waals surface area contributed by atoms with Gasteiger partial charge in [0, 0.05) is 73.9 Å². The van der Waals surface area contributed by atoms with E-state index < -0.39 is 12.1 Å². The number of methoxy groups -OCH3 is 1. The fourth-order valence-corrected chi connectivity index (χ4v) is 4.74. The van der Waals surface area contributed by atoms with E-state index in [1.54, 1.807) is 22.9 Å². The fraction of sp³-hybridized carbons (Fsp3) is 0.440. The highest BCUT2D eigenvalue weighted by molar-refractivity contribution is 6.05. The molecular weight excluding hydrogens is 519 g/mol. The molecule has 3 N–H and O–H groups in total. The Kier molecular flexibility index (Phi) is 7.59. The minimum Gasteiger partial charge on any atom is -0.494 e. The van der Waals surface area contributed by atoms with Crippen molar-refractivity contribution in [2.75, 3.05) is 48.4 Å². The van der Waals surface area contributed by atoms with E-state index in [9.17, 15) is 18.0 Å². The Balaban J connectivity index is 0.000000448. The first-order chi connectivity index (χ1) is 18.3. The molecule has 5 rings (SSSR count). The standard InChI is InChI=1S/C23H29N7O2.C2HF3O2/c1-23(2)14-29(10-8-25-23)19-5-7-24-21-16(19)6-9-30(21)22(31)26-18-11-15-13-28(3)27-17(15)12-20(18)32-4;3-2(4,5)1(6)7/h5,7,11-13,25H,6,8-10,14H2,1-4H3,(H,26,31);(H,6,7). The van der Waals surface area contributed by atoms with Crippen LogP contribution in [0.2, 0.25) is 0 Å². The van der Waals surface area contributed by atoms with Gasteiger partial charge in [0.25, 0.3) is 0 Å². The average Bonchev–Trinajstić information content (AvgIpc) is 3.44. The molecule has 2 aliphatic rings. The molecule has 11 nitrogen and oxygen atoms in total. The lowest BCUT2D eigenvalue weighted by Gasteiger charge is -2.41. The van der Waals surface area contributed by atoms with Gasteiger partial charge in [0.1, 0.15) is 11.6 Å². The number of piperazine rings is 1. The predicted octanol–water partition coefficient (Wildman–Crippen LogP) is 3.39. The number of aromatic nitrogens is 3. The number of aryl methyl sites for hydroxylation is 1. The lowest BCUT2D eigenvalue weighted by atomic mass is 10.0. The van der Waals surface area contributed by atoms with Crippen molar-refractivity contribution in [2.45, 2.75) is 32.0 Å². The molecule has 0 spiro atoms. The summed E-state index contributed by atoms with van der Waals surface area (Å²) in [5.74, 6) is -1.45. The molecule has 1 fully saturated rings. The molecule has 2 aromatic heterocycles. The van der Waals surface area contributed by atoms with Crippen molar-refractivity contribution in [1.29, 1.82) is 0 Å². The number of halogens is 3. The molecule has 0 aliphatic carbocycles. The molecule has 0 unspecified atom stereocenters. The highest BCUT2D eigenvalue weighted by atomic mass is 19.4. The Morgan fingerprint density at radius 3 is 2.59 bits per heavy atom. The van der Waals surface area contributed by atoms with Crippen LogP contribution >= 0.6 is 0 Å². The van der Waals surface area contributed by atoms with Crippen molar-refractivity contribution in [3.8, 4) is 5.75 Å². The second-order valence-corrected chi connectivity index (χ2v) is 9.91. The largest absolute Gasteiger partial charge is 0.494 e. The van der Waals surface area contributed by atoms with Gasteiger partial charge >= 0.3 is 18.2 Å². The minimum absolute atomic E-state index is 0.0472. The van der Waals surface area contributed by atoms with Crippen LogP contribution in [0.1, 0.15) is 19.4 Å². The first kappa shape index (κ1) is 28.0. The number of pyridine rings is 1. The molecule has 2 amide bonds. The average molecular weight is 550 g/mol. The quantitative estimate of drug-likeness (QED) is 0.454. The van der Waals surface area contributed by atoms with Gasteiger partial charge in [-0.25, -0.2) is 14.6 Å². The number of carboxylic acids is 1. The summed E-state index contributed by atoms with van der Waals surface area (Å²) in [5.41, 5.74) is 3.79. The number of nitrogens with zero attached hydrogens (tertiary/aromatic N) is 5. The molecule has 210 valence electrons. The fourth-order valence-electron chi connectivity index (χ4n) is 4.74. The predicted molar refractivity (Wildman–Crippen MR) is 140 cm³/mol. The first-order valence-electron chi connectivity index (χ1n) is 12.2. The van der Waals surface area contributed by atoms with E-state index in [1.165, 1.54) is 5.69 Å². The SMILES string of the molecule is COc1cc2nn(C)cc2cc1NC(=O)N1CCc2c(N3CCNC(C)(C)C3)ccnc21.O=C(O)C(F)(F)F. The normalized spacial score (nSPS) is 16.4. The highest BCUT2D eigenvalue weighted by Gasteiger charge is 2.38. The van der Waals surface area contributed by atoms with Crippen molar-refractivity contribution in [2.24, 2.45) is 7.05 Å². The minimum atomic E-state index is -5.08. The number of ether oxygens (including phenoxy) is 1. The van der Waals surface area contributed by atoms with Gasteiger partial charge < -0.3 is 25.4 Å². The Labute approximate surface area is 222 Å². The van der Waals surface area contributed by atoms with Crippen molar-refractivity contribution in [3.63, 3.8) is 0 Å². The number of carbonyl (C=O) groups is 2. The Hall–Kier alpha value is -4.07. The summed E-state index contributed by atoms with van der Waals surface area (Å²) in [6.07, 6.45) is -0.579. The number of benzene rings is 1. The number of hydrogen-bond acceptors (Lipinski definition) is 7. The molecule has 0 radical (unpaired) electrons. The summed E-state index contributed by atoms with van der Waals surface area (Å²) in [5, 5.41) is 19.0. The molecule has 1 aromatic carbocycles. The van der Waals surface area contributed by atoms with E-state index >= 15 is 0 Å². The number of fused-ring (bicyclic) bond motifs is 2. The maximum absolute atomic E-state index is 13.3. The number of urea groups is 1. The van der Waals surface area contributed by atoms with Crippen LogP contribution in [0.25, 0.3) is 10.9 Å². The van der Waals surface area contributed by atoms with Crippen LogP contribution in [0.15, 0.2) is 30.6 Å². The summed E-state index contributed by atoms with van der Waals surface area (Å²) < 4.78 is 39.0. The number of amides is 2. The van der Waals surface area contributed by atoms with Crippen LogP contribution in [-0.2, 0) is 18.3 Å². The summed E-state index contributed by atoms with van der Waals surface area (Å²) >= 11 is 0. The Morgan fingerprint density at radius 1 is 1.23 bits per heavy atom. The molecule has 0 atom stereocenters. The smallest absolute Gasteiger partial charge is 0.490 e. The van der Waals surface area contributed by atoms with Crippen LogP contribution in [0.5, 0.6) is 5.75 Å². The molecule has 2 aliphatic heterocycles. The Bertz CT molecular complexity index is 1390. The van der Waals surface area contributed by atoms with E-state index in [0.29, 0.717) is 18.0 Å². The van der Waals surface area contributed by atoms with Gasteiger partial charge in [-0.1, -0.05) is 0 Å². The number of carbonyl (C=O) groups excluding carboxylic acids is 1. The van der Waals surface area contributed by atoms with Crippen LogP contribution in [0.3, 0.4) is 0 Å². The number of nitrogens with one attached hydrogen (secondary N) is 2. The van der Waals surface area contributed by atoms with Gasteiger partial charge in [0.2, 0.25) is 0 Å². The van der Waals surface area contributed by atoms with E-state index in [-0.39, 0.29) is 11.6 Å². The third kappa shape index (κ3) is 6.16. The second-order valence-electron chi connectivity index (χ2n) is 9.91. The highest BCUT2D eigenvalue weighted by Crippen LogP contribution is 2.36. The maximum Gasteiger partial charge on any atom is 0.490 e. The molecule has 14 heteroatoms. The van der Waals surface area contributed by atoms with Crippen LogP contribution < -0.4 is 25.2 Å². The number of anilines is 3. The summed E-state index contributed by atoms with van der Waals surface area (Å²) in [7, 11) is 3.46. The third-order valence-corrected chi connectivity index (χ3v) is 6.43. The van der Waals surface area contributed by atoms with Crippen LogP contribution in [0, 0.1) is 0 Å². The van der Waals surface area contributed by atoms with Crippen molar-refractivity contribution >= 4 is 40.1 Å². The van der Waals surface area contributed by atoms with E-state index in [1.807, 2.05) is 25.4 Å². The van der Waals surface area contributed by atoms with Gasteiger partial charge in [-0.2, -0.15) is 18.3 Å². The van der Waals surface area contributed by atoms with Gasteiger partial charge in [0.05, 0.1) is 18.3 Å². The third-order valence-electron chi connectivity index (χ3n) is 6.43. The second kappa shape index (κ2) is 10.6. The van der Waals surface area contributed by atoms with Crippen LogP contribution in [0.4, 0.5) is 35.2 Å². The number of rotatable bonds is 3. The van der Waals surface area contributed by atoms with Gasteiger partial charge in [-0.15, -0.1) is 0 Å². The molecule has 0 bridgehead atoms. The van der Waals surface area contributed by atoms with Gasteiger partial charge in [0.15, 0.2) is 0 Å². The zero-order valence-electron chi connectivity index (χ0n) is 22.0. The topological polar surface area (TPSA) is 125 Å². The Morgan fingerprint density at radius 2 is 1.95 bits per heavy atom. The summed E-state index contributed by atoms with van der Waals surface area (Å²) in [6, 6.07) is 5.59. The molecule has 4 heterocycles.